The first-order valence-electron chi connectivity index (χ1n) is 9.41. The Kier molecular flexibility index (Phi) is 5.83. The molecule has 0 atom stereocenters. The lowest BCUT2D eigenvalue weighted by molar-refractivity contribution is 0.135. The van der Waals surface area contributed by atoms with E-state index in [1.807, 2.05) is 41.6 Å². The van der Waals surface area contributed by atoms with Crippen molar-refractivity contribution in [3.63, 3.8) is 0 Å². The number of nitrogens with zero attached hydrogens (tertiary/aromatic N) is 3. The molecule has 8 heteroatoms. The zero-order chi connectivity index (χ0) is 19.3. The second kappa shape index (κ2) is 8.67. The summed E-state index contributed by atoms with van der Waals surface area (Å²) in [5, 5.41) is 3.48. The van der Waals surface area contributed by atoms with E-state index in [9.17, 15) is 4.79 Å². The summed E-state index contributed by atoms with van der Waals surface area (Å²) in [5.41, 5.74) is 2.13. The molecular weight excluding hydrogens is 380 g/mol. The van der Waals surface area contributed by atoms with Crippen LogP contribution in [0.2, 0.25) is 5.02 Å². The lowest BCUT2D eigenvalue weighted by atomic mass is 10.2. The van der Waals surface area contributed by atoms with Crippen LogP contribution in [0.1, 0.15) is 11.1 Å². The quantitative estimate of drug-likeness (QED) is 0.851. The Hall–Kier alpha value is -2.51. The van der Waals surface area contributed by atoms with Crippen LogP contribution in [-0.2, 0) is 13.1 Å². The summed E-state index contributed by atoms with van der Waals surface area (Å²) >= 11 is 6.26. The standard InChI is InChI=1S/C20H23ClN4O3/c21-17-11-16(12-18-19(17)28-10-9-27-18)13-23-20(26)25-7-5-24(6-8-25)14-15-1-3-22-4-2-15/h1-4,11-12H,5-10,13-14H2,(H,23,26). The summed E-state index contributed by atoms with van der Waals surface area (Å²) in [7, 11) is 0. The Bertz CT molecular complexity index is 826. The van der Waals surface area contributed by atoms with Crippen molar-refractivity contribution in [1.82, 2.24) is 20.1 Å². The van der Waals surface area contributed by atoms with Crippen LogP contribution in [0.4, 0.5) is 4.79 Å². The normalized spacial score (nSPS) is 16.7. The average molecular weight is 403 g/mol. The molecule has 0 aliphatic carbocycles. The van der Waals surface area contributed by atoms with Crippen LogP contribution in [0.5, 0.6) is 11.5 Å². The molecule has 1 saturated heterocycles. The largest absolute Gasteiger partial charge is 0.486 e. The molecule has 1 fully saturated rings. The second-order valence-corrected chi connectivity index (χ2v) is 7.29. The fraction of sp³-hybridized carbons (Fsp3) is 0.400. The number of piperazine rings is 1. The summed E-state index contributed by atoms with van der Waals surface area (Å²) in [6.07, 6.45) is 3.62. The van der Waals surface area contributed by atoms with Gasteiger partial charge in [0.25, 0.3) is 0 Å². The van der Waals surface area contributed by atoms with Gasteiger partial charge in [0.15, 0.2) is 11.5 Å². The number of fused-ring (bicyclic) bond motifs is 1. The van der Waals surface area contributed by atoms with E-state index in [1.54, 1.807) is 0 Å². The number of carbonyl (C=O) groups excluding carboxylic acids is 1. The Labute approximate surface area is 169 Å². The smallest absolute Gasteiger partial charge is 0.317 e. The van der Waals surface area contributed by atoms with Crippen molar-refractivity contribution in [2.24, 2.45) is 0 Å². The summed E-state index contributed by atoms with van der Waals surface area (Å²) in [6, 6.07) is 7.67. The maximum atomic E-state index is 12.5. The summed E-state index contributed by atoms with van der Waals surface area (Å²) < 4.78 is 11.1. The van der Waals surface area contributed by atoms with E-state index < -0.39 is 0 Å². The zero-order valence-corrected chi connectivity index (χ0v) is 16.3. The highest BCUT2D eigenvalue weighted by atomic mass is 35.5. The second-order valence-electron chi connectivity index (χ2n) is 6.88. The Morgan fingerprint density at radius 1 is 1.07 bits per heavy atom. The minimum Gasteiger partial charge on any atom is -0.486 e. The first kappa shape index (κ1) is 18.8. The van der Waals surface area contributed by atoms with Crippen LogP contribution in [-0.4, -0.2) is 60.2 Å². The minimum absolute atomic E-state index is 0.0606. The highest BCUT2D eigenvalue weighted by Crippen LogP contribution is 2.38. The van der Waals surface area contributed by atoms with Crippen molar-refractivity contribution < 1.29 is 14.3 Å². The number of amides is 2. The van der Waals surface area contributed by atoms with Crippen LogP contribution in [0, 0.1) is 0 Å². The molecule has 0 bridgehead atoms. The molecule has 0 saturated carbocycles. The SMILES string of the molecule is O=C(NCc1cc(Cl)c2c(c1)OCCO2)N1CCN(Cc2ccncc2)CC1. The molecule has 1 aromatic heterocycles. The first-order valence-corrected chi connectivity index (χ1v) is 9.79. The molecule has 1 aromatic carbocycles. The van der Waals surface area contributed by atoms with Gasteiger partial charge in [-0.25, -0.2) is 4.79 Å². The predicted molar refractivity (Wildman–Crippen MR) is 106 cm³/mol. The van der Waals surface area contributed by atoms with E-state index in [1.165, 1.54) is 5.56 Å². The number of urea groups is 1. The van der Waals surface area contributed by atoms with E-state index in [0.29, 0.717) is 49.4 Å². The van der Waals surface area contributed by atoms with E-state index in [2.05, 4.69) is 15.2 Å². The van der Waals surface area contributed by atoms with Crippen molar-refractivity contribution >= 4 is 17.6 Å². The summed E-state index contributed by atoms with van der Waals surface area (Å²) in [5.74, 6) is 1.21. The van der Waals surface area contributed by atoms with Gasteiger partial charge in [-0.3, -0.25) is 9.88 Å². The Balaban J connectivity index is 1.26. The van der Waals surface area contributed by atoms with E-state index in [-0.39, 0.29) is 6.03 Å². The number of ether oxygens (including phenoxy) is 2. The van der Waals surface area contributed by atoms with E-state index >= 15 is 0 Å². The number of pyridine rings is 1. The lowest BCUT2D eigenvalue weighted by Crippen LogP contribution is -2.51. The first-order chi connectivity index (χ1) is 13.7. The molecule has 2 aromatic rings. The van der Waals surface area contributed by atoms with Crippen LogP contribution in [0.3, 0.4) is 0 Å². The van der Waals surface area contributed by atoms with Crippen LogP contribution in [0.15, 0.2) is 36.7 Å². The molecule has 0 radical (unpaired) electrons. The van der Waals surface area contributed by atoms with Crippen LogP contribution >= 0.6 is 11.6 Å². The van der Waals surface area contributed by atoms with Gasteiger partial charge in [0.05, 0.1) is 5.02 Å². The van der Waals surface area contributed by atoms with E-state index in [0.717, 1.165) is 25.2 Å². The predicted octanol–water partition coefficient (Wildman–Crippen LogP) is 2.53. The third-order valence-corrected chi connectivity index (χ3v) is 5.20. The number of benzene rings is 1. The van der Waals surface area contributed by atoms with Gasteiger partial charge >= 0.3 is 6.03 Å². The van der Waals surface area contributed by atoms with Gasteiger partial charge in [0, 0.05) is 51.7 Å². The van der Waals surface area contributed by atoms with Crippen molar-refractivity contribution in [3.05, 3.63) is 52.8 Å². The molecule has 2 aliphatic rings. The monoisotopic (exact) mass is 402 g/mol. The molecule has 148 valence electrons. The van der Waals surface area contributed by atoms with Crippen molar-refractivity contribution in [2.45, 2.75) is 13.1 Å². The molecular formula is C20H23ClN4O3. The van der Waals surface area contributed by atoms with Crippen molar-refractivity contribution in [1.29, 1.82) is 0 Å². The zero-order valence-electron chi connectivity index (χ0n) is 15.6. The lowest BCUT2D eigenvalue weighted by Gasteiger charge is -2.34. The molecule has 0 spiro atoms. The van der Waals surface area contributed by atoms with Crippen LogP contribution in [0.25, 0.3) is 0 Å². The molecule has 0 unspecified atom stereocenters. The molecule has 3 heterocycles. The van der Waals surface area contributed by atoms with Gasteiger partial charge in [-0.1, -0.05) is 11.6 Å². The Morgan fingerprint density at radius 2 is 1.82 bits per heavy atom. The molecule has 2 aliphatic heterocycles. The van der Waals surface area contributed by atoms with Crippen LogP contribution < -0.4 is 14.8 Å². The molecule has 28 heavy (non-hydrogen) atoms. The van der Waals surface area contributed by atoms with Gasteiger partial charge < -0.3 is 19.7 Å². The van der Waals surface area contributed by atoms with E-state index in [4.69, 9.17) is 21.1 Å². The van der Waals surface area contributed by atoms with Crippen molar-refractivity contribution in [2.75, 3.05) is 39.4 Å². The van der Waals surface area contributed by atoms with Gasteiger partial charge in [0.1, 0.15) is 13.2 Å². The van der Waals surface area contributed by atoms with Gasteiger partial charge in [-0.15, -0.1) is 0 Å². The molecule has 2 amide bonds. The van der Waals surface area contributed by atoms with Gasteiger partial charge in [-0.2, -0.15) is 0 Å². The number of hydrogen-bond acceptors (Lipinski definition) is 5. The Morgan fingerprint density at radius 3 is 2.61 bits per heavy atom. The summed E-state index contributed by atoms with van der Waals surface area (Å²) in [4.78, 5) is 20.8. The van der Waals surface area contributed by atoms with Crippen molar-refractivity contribution in [3.8, 4) is 11.5 Å². The van der Waals surface area contributed by atoms with Gasteiger partial charge in [0.2, 0.25) is 0 Å². The fourth-order valence-electron chi connectivity index (χ4n) is 3.41. The highest BCUT2D eigenvalue weighted by Gasteiger charge is 2.21. The maximum absolute atomic E-state index is 12.5. The minimum atomic E-state index is -0.0606. The number of nitrogens with one attached hydrogen (secondary N) is 1. The molecule has 7 nitrogen and oxygen atoms in total. The molecule has 4 rings (SSSR count). The fourth-order valence-corrected chi connectivity index (χ4v) is 3.70. The topological polar surface area (TPSA) is 66.9 Å². The number of hydrogen-bond donors (Lipinski definition) is 1. The third kappa shape index (κ3) is 4.48. The third-order valence-electron chi connectivity index (χ3n) is 4.92. The number of aromatic nitrogens is 1. The average Bonchev–Trinajstić information content (AvgIpc) is 2.73. The van der Waals surface area contributed by atoms with Gasteiger partial charge in [-0.05, 0) is 35.4 Å². The number of halogens is 1. The number of rotatable bonds is 4. The highest BCUT2D eigenvalue weighted by molar-refractivity contribution is 6.32. The molecule has 1 N–H and O–H groups in total. The summed E-state index contributed by atoms with van der Waals surface area (Å²) in [6.45, 7) is 5.40. The maximum Gasteiger partial charge on any atom is 0.317 e. The number of carbonyl (C=O) groups is 1.